The molecule has 0 radical (unpaired) electrons. The zero-order valence-electron chi connectivity index (χ0n) is 10.8. The topological polar surface area (TPSA) is 90.0 Å². The summed E-state index contributed by atoms with van der Waals surface area (Å²) in [5.74, 6) is -0.213. The predicted molar refractivity (Wildman–Crippen MR) is 76.6 cm³/mol. The van der Waals surface area contributed by atoms with Gasteiger partial charge in [-0.15, -0.1) is 11.3 Å². The standard InChI is InChI=1S/C13H16N4O2S/c18-10-3-4-14-7-9(10)16-13(19)8-6-15-17-12(8)11-2-1-5-20-11/h1-2,5-6,9-10,14,18H,3-4,7H2,(H,15,17)(H,16,19)/t9-,10+/m0/s1. The van der Waals surface area contributed by atoms with Crippen molar-refractivity contribution in [1.82, 2.24) is 20.8 Å². The van der Waals surface area contributed by atoms with Gasteiger partial charge in [-0.3, -0.25) is 9.89 Å². The third-order valence-corrected chi connectivity index (χ3v) is 4.30. The highest BCUT2D eigenvalue weighted by Gasteiger charge is 2.26. The lowest BCUT2D eigenvalue weighted by atomic mass is 10.0. The van der Waals surface area contributed by atoms with Gasteiger partial charge in [-0.1, -0.05) is 6.07 Å². The number of carbonyl (C=O) groups excluding carboxylic acids is 1. The van der Waals surface area contributed by atoms with Gasteiger partial charge in [0.25, 0.3) is 5.91 Å². The third kappa shape index (κ3) is 2.60. The van der Waals surface area contributed by atoms with Crippen molar-refractivity contribution in [3.63, 3.8) is 0 Å². The van der Waals surface area contributed by atoms with Crippen LogP contribution in [0, 0.1) is 0 Å². The fraction of sp³-hybridized carbons (Fsp3) is 0.385. The first-order chi connectivity index (χ1) is 9.75. The monoisotopic (exact) mass is 292 g/mol. The van der Waals surface area contributed by atoms with Crippen molar-refractivity contribution in [2.75, 3.05) is 13.1 Å². The first kappa shape index (κ1) is 13.3. The molecule has 0 aliphatic carbocycles. The molecule has 0 saturated carbocycles. The Labute approximate surface area is 120 Å². The summed E-state index contributed by atoms with van der Waals surface area (Å²) >= 11 is 1.55. The summed E-state index contributed by atoms with van der Waals surface area (Å²) in [7, 11) is 0. The Morgan fingerprint density at radius 3 is 3.20 bits per heavy atom. The molecule has 1 aliphatic heterocycles. The molecule has 6 nitrogen and oxygen atoms in total. The van der Waals surface area contributed by atoms with Crippen LogP contribution < -0.4 is 10.6 Å². The van der Waals surface area contributed by atoms with Crippen LogP contribution in [0.3, 0.4) is 0 Å². The minimum absolute atomic E-state index is 0.213. The van der Waals surface area contributed by atoms with Gasteiger partial charge in [0, 0.05) is 6.54 Å². The van der Waals surface area contributed by atoms with Crippen LogP contribution in [0.25, 0.3) is 10.6 Å². The quantitative estimate of drug-likeness (QED) is 0.666. The number of aliphatic hydroxyl groups excluding tert-OH is 1. The Kier molecular flexibility index (Phi) is 3.81. The second kappa shape index (κ2) is 5.74. The lowest BCUT2D eigenvalue weighted by Gasteiger charge is -2.29. The van der Waals surface area contributed by atoms with Crippen LogP contribution in [0.1, 0.15) is 16.8 Å². The minimum atomic E-state index is -0.503. The largest absolute Gasteiger partial charge is 0.391 e. The number of amides is 1. The van der Waals surface area contributed by atoms with Gasteiger partial charge in [0.05, 0.1) is 34.5 Å². The summed E-state index contributed by atoms with van der Waals surface area (Å²) in [6, 6.07) is 3.60. The fourth-order valence-corrected chi connectivity index (χ4v) is 3.04. The second-order valence-corrected chi connectivity index (χ2v) is 5.72. The molecule has 106 valence electrons. The van der Waals surface area contributed by atoms with E-state index in [0.717, 1.165) is 17.1 Å². The zero-order valence-corrected chi connectivity index (χ0v) is 11.6. The van der Waals surface area contributed by atoms with Gasteiger partial charge in [-0.2, -0.15) is 5.10 Å². The molecular weight excluding hydrogens is 276 g/mol. The maximum absolute atomic E-state index is 12.3. The highest BCUT2D eigenvalue weighted by atomic mass is 32.1. The summed E-state index contributed by atoms with van der Waals surface area (Å²) in [6.45, 7) is 1.36. The Morgan fingerprint density at radius 1 is 1.55 bits per heavy atom. The molecule has 0 bridgehead atoms. The van der Waals surface area contributed by atoms with Crippen LogP contribution in [-0.2, 0) is 0 Å². The fourth-order valence-electron chi connectivity index (χ4n) is 2.31. The number of rotatable bonds is 3. The maximum Gasteiger partial charge on any atom is 0.255 e. The minimum Gasteiger partial charge on any atom is -0.391 e. The number of aromatic amines is 1. The van der Waals surface area contributed by atoms with Gasteiger partial charge >= 0.3 is 0 Å². The molecular formula is C13H16N4O2S. The number of thiophene rings is 1. The molecule has 20 heavy (non-hydrogen) atoms. The summed E-state index contributed by atoms with van der Waals surface area (Å²) in [5, 5.41) is 24.7. The van der Waals surface area contributed by atoms with E-state index in [2.05, 4.69) is 20.8 Å². The van der Waals surface area contributed by atoms with Gasteiger partial charge in [0.15, 0.2) is 0 Å². The maximum atomic E-state index is 12.3. The molecule has 0 spiro atoms. The van der Waals surface area contributed by atoms with E-state index in [-0.39, 0.29) is 11.9 Å². The van der Waals surface area contributed by atoms with Crippen molar-refractivity contribution in [1.29, 1.82) is 0 Å². The number of H-pyrrole nitrogens is 1. The van der Waals surface area contributed by atoms with Gasteiger partial charge in [-0.05, 0) is 24.4 Å². The second-order valence-electron chi connectivity index (χ2n) is 4.78. The average Bonchev–Trinajstić information content (AvgIpc) is 3.11. The summed E-state index contributed by atoms with van der Waals surface area (Å²) in [5.41, 5.74) is 1.22. The van der Waals surface area contributed by atoms with E-state index in [0.29, 0.717) is 18.5 Å². The highest BCUT2D eigenvalue weighted by molar-refractivity contribution is 7.13. The van der Waals surface area contributed by atoms with Crippen LogP contribution in [-0.4, -0.2) is 46.4 Å². The van der Waals surface area contributed by atoms with Crippen LogP contribution in [0.4, 0.5) is 0 Å². The van der Waals surface area contributed by atoms with Gasteiger partial charge in [-0.25, -0.2) is 0 Å². The number of aliphatic hydroxyl groups is 1. The first-order valence-electron chi connectivity index (χ1n) is 6.52. The molecule has 2 aromatic rings. The Bertz CT molecular complexity index is 581. The third-order valence-electron chi connectivity index (χ3n) is 3.41. The highest BCUT2D eigenvalue weighted by Crippen LogP contribution is 2.25. The van der Waals surface area contributed by atoms with E-state index < -0.39 is 6.10 Å². The van der Waals surface area contributed by atoms with Crippen molar-refractivity contribution < 1.29 is 9.90 Å². The van der Waals surface area contributed by atoms with Crippen molar-refractivity contribution >= 4 is 17.2 Å². The van der Waals surface area contributed by atoms with Crippen LogP contribution in [0.15, 0.2) is 23.7 Å². The Hall–Kier alpha value is -1.70. The molecule has 3 rings (SSSR count). The lowest BCUT2D eigenvalue weighted by Crippen LogP contribution is -2.53. The number of aromatic nitrogens is 2. The molecule has 0 aromatic carbocycles. The SMILES string of the molecule is O=C(N[C@H]1CNCC[C@H]1O)c1cn[nH]c1-c1cccs1. The molecule has 0 unspecified atom stereocenters. The molecule has 2 aromatic heterocycles. The van der Waals surface area contributed by atoms with Crippen LogP contribution in [0.2, 0.25) is 0 Å². The number of hydrogen-bond donors (Lipinski definition) is 4. The molecule has 1 amide bonds. The normalized spacial score (nSPS) is 22.6. The number of piperidine rings is 1. The van der Waals surface area contributed by atoms with E-state index in [1.165, 1.54) is 6.20 Å². The van der Waals surface area contributed by atoms with E-state index >= 15 is 0 Å². The molecule has 7 heteroatoms. The zero-order chi connectivity index (χ0) is 13.9. The van der Waals surface area contributed by atoms with Crippen molar-refractivity contribution in [3.05, 3.63) is 29.3 Å². The van der Waals surface area contributed by atoms with Gasteiger partial charge in [0.2, 0.25) is 0 Å². The number of hydrogen-bond acceptors (Lipinski definition) is 5. The molecule has 2 atom stereocenters. The molecule has 3 heterocycles. The molecule has 1 aliphatic rings. The first-order valence-corrected chi connectivity index (χ1v) is 7.40. The molecule has 4 N–H and O–H groups in total. The average molecular weight is 292 g/mol. The summed E-state index contributed by atoms with van der Waals surface area (Å²) in [4.78, 5) is 13.3. The van der Waals surface area contributed by atoms with Crippen molar-refractivity contribution in [2.24, 2.45) is 0 Å². The lowest BCUT2D eigenvalue weighted by molar-refractivity contribution is 0.0755. The Balaban J connectivity index is 1.76. The van der Waals surface area contributed by atoms with Crippen molar-refractivity contribution in [3.8, 4) is 10.6 Å². The summed E-state index contributed by atoms with van der Waals surface area (Å²) in [6.07, 6.45) is 1.67. The van der Waals surface area contributed by atoms with Crippen LogP contribution in [0.5, 0.6) is 0 Å². The van der Waals surface area contributed by atoms with E-state index in [1.807, 2.05) is 17.5 Å². The van der Waals surface area contributed by atoms with E-state index in [1.54, 1.807) is 11.3 Å². The smallest absolute Gasteiger partial charge is 0.255 e. The predicted octanol–water partition coefficient (Wildman–Crippen LogP) is 0.591. The molecule has 1 fully saturated rings. The number of nitrogens with zero attached hydrogens (tertiary/aromatic N) is 1. The van der Waals surface area contributed by atoms with Gasteiger partial charge < -0.3 is 15.7 Å². The van der Waals surface area contributed by atoms with E-state index in [4.69, 9.17) is 0 Å². The summed E-state index contributed by atoms with van der Waals surface area (Å²) < 4.78 is 0. The Morgan fingerprint density at radius 2 is 2.45 bits per heavy atom. The van der Waals surface area contributed by atoms with Crippen LogP contribution >= 0.6 is 11.3 Å². The van der Waals surface area contributed by atoms with Crippen molar-refractivity contribution in [2.45, 2.75) is 18.6 Å². The molecule has 1 saturated heterocycles. The van der Waals surface area contributed by atoms with E-state index in [9.17, 15) is 9.90 Å². The number of carbonyl (C=O) groups is 1. The van der Waals surface area contributed by atoms with Gasteiger partial charge in [0.1, 0.15) is 0 Å². The number of nitrogens with one attached hydrogen (secondary N) is 3.